The number of hydrogen-bond donors (Lipinski definition) is 1. The van der Waals surface area contributed by atoms with Gasteiger partial charge in [-0.25, -0.2) is 18.4 Å². The maximum absolute atomic E-state index is 14.7. The van der Waals surface area contributed by atoms with Crippen molar-refractivity contribution in [3.8, 4) is 0 Å². The number of thioether (sulfide) groups is 1. The van der Waals surface area contributed by atoms with Gasteiger partial charge in [0.1, 0.15) is 29.9 Å². The van der Waals surface area contributed by atoms with E-state index >= 15 is 0 Å². The Morgan fingerprint density at radius 2 is 1.88 bits per heavy atom. The Labute approximate surface area is 236 Å². The lowest BCUT2D eigenvalue weighted by Gasteiger charge is -2.37. The first-order valence-electron chi connectivity index (χ1n) is 12.1. The van der Waals surface area contributed by atoms with Crippen molar-refractivity contribution in [3.63, 3.8) is 0 Å². The van der Waals surface area contributed by atoms with Crippen molar-refractivity contribution in [2.24, 2.45) is 0 Å². The number of aliphatic hydroxyl groups is 1. The van der Waals surface area contributed by atoms with Crippen molar-refractivity contribution < 1.29 is 36.5 Å². The number of nitrogens with zero attached hydrogens (tertiary/aromatic N) is 3. The van der Waals surface area contributed by atoms with Gasteiger partial charge in [-0.3, -0.25) is 0 Å². The zero-order valence-electron chi connectivity index (χ0n) is 21.1. The first-order chi connectivity index (χ1) is 19.0. The molecule has 1 saturated heterocycles. The van der Waals surface area contributed by atoms with Gasteiger partial charge in [-0.15, -0.1) is 11.8 Å². The van der Waals surface area contributed by atoms with E-state index in [0.29, 0.717) is 11.1 Å². The van der Waals surface area contributed by atoms with Gasteiger partial charge in [-0.1, -0.05) is 42.8 Å². The molecule has 2 aromatic carbocycles. The minimum absolute atomic E-state index is 0.0338. The van der Waals surface area contributed by atoms with E-state index in [4.69, 9.17) is 21.1 Å². The van der Waals surface area contributed by atoms with E-state index < -0.39 is 40.5 Å². The molecule has 0 amide bonds. The summed E-state index contributed by atoms with van der Waals surface area (Å²) in [6, 6.07) is 8.29. The molecule has 214 valence electrons. The van der Waals surface area contributed by atoms with Crippen molar-refractivity contribution in [2.75, 3.05) is 13.2 Å². The second-order valence-corrected chi connectivity index (χ2v) is 11.1. The predicted molar refractivity (Wildman–Crippen MR) is 141 cm³/mol. The maximum atomic E-state index is 14.7. The van der Waals surface area contributed by atoms with Crippen LogP contribution in [0.25, 0.3) is 5.57 Å². The Morgan fingerprint density at radius 1 is 1.18 bits per heavy atom. The Balaban J connectivity index is 1.41. The minimum Gasteiger partial charge on any atom is -0.382 e. The molecule has 1 aliphatic heterocycles. The van der Waals surface area contributed by atoms with Gasteiger partial charge >= 0.3 is 6.18 Å². The molecule has 1 fully saturated rings. The van der Waals surface area contributed by atoms with E-state index in [2.05, 4.69) is 10.1 Å². The zero-order chi connectivity index (χ0) is 28.9. The molecule has 13 heteroatoms. The Morgan fingerprint density at radius 3 is 2.48 bits per heavy atom. The minimum atomic E-state index is -4.59. The number of alkyl halides is 3. The molecule has 1 N–H and O–H groups in total. The van der Waals surface area contributed by atoms with Crippen LogP contribution < -0.4 is 0 Å². The van der Waals surface area contributed by atoms with Gasteiger partial charge in [0.05, 0.1) is 30.6 Å². The van der Waals surface area contributed by atoms with Crippen molar-refractivity contribution in [2.45, 2.75) is 42.0 Å². The fourth-order valence-electron chi connectivity index (χ4n) is 4.15. The summed E-state index contributed by atoms with van der Waals surface area (Å²) in [5.74, 6) is -1.68. The number of aromatic nitrogens is 3. The van der Waals surface area contributed by atoms with E-state index in [1.54, 1.807) is 6.92 Å². The number of allylic oxidation sites excluding steroid dienone is 3. The van der Waals surface area contributed by atoms with Crippen molar-refractivity contribution in [3.05, 3.63) is 101 Å². The standard InChI is InChI=1S/C27H25ClF5N3O3S/c1-17(26(37,14-36-16-34-15-35-36)23-10-9-20(29)11-24(23)30)40-21-12-38-25(39-13-21)4-2-3-22(27(31,32)33)18-5-7-19(28)8-6-18/h2-11,15-17,21,25,37H,12-14H2,1H3/b4-2+,22-3-. The van der Waals surface area contributed by atoms with Gasteiger partial charge in [-0.2, -0.15) is 18.3 Å². The lowest BCUT2D eigenvalue weighted by atomic mass is 9.90. The number of ether oxygens (including phenoxy) is 2. The van der Waals surface area contributed by atoms with Crippen LogP contribution in [-0.2, 0) is 21.6 Å². The SMILES string of the molecule is CC(SC1COC(/C=C/C=C(/c2ccc(Cl)cc2)C(F)(F)F)OC1)C(O)(Cn1cncn1)c1ccc(F)cc1F. The van der Waals surface area contributed by atoms with Gasteiger partial charge in [0, 0.05) is 21.9 Å². The average Bonchev–Trinajstić information content (AvgIpc) is 3.40. The summed E-state index contributed by atoms with van der Waals surface area (Å²) in [5, 5.41) is 15.0. The van der Waals surface area contributed by atoms with Crippen LogP contribution in [0.3, 0.4) is 0 Å². The topological polar surface area (TPSA) is 69.4 Å². The summed E-state index contributed by atoms with van der Waals surface area (Å²) in [6.07, 6.45) is 0.689. The second kappa shape index (κ2) is 12.8. The molecule has 3 aromatic rings. The predicted octanol–water partition coefficient (Wildman–Crippen LogP) is 6.16. The molecule has 1 aromatic heterocycles. The van der Waals surface area contributed by atoms with Gasteiger partial charge in [0.15, 0.2) is 6.29 Å². The number of halogens is 6. The van der Waals surface area contributed by atoms with Crippen molar-refractivity contribution in [1.82, 2.24) is 14.8 Å². The normalized spacial score (nSPS) is 20.9. The summed E-state index contributed by atoms with van der Waals surface area (Å²) >= 11 is 7.05. The highest BCUT2D eigenvalue weighted by atomic mass is 35.5. The first-order valence-corrected chi connectivity index (χ1v) is 13.4. The molecule has 40 heavy (non-hydrogen) atoms. The van der Waals surface area contributed by atoms with Crippen molar-refractivity contribution in [1.29, 1.82) is 0 Å². The molecule has 0 radical (unpaired) electrons. The summed E-state index contributed by atoms with van der Waals surface area (Å²) in [4.78, 5) is 3.85. The molecule has 6 nitrogen and oxygen atoms in total. The highest BCUT2D eigenvalue weighted by Gasteiger charge is 2.41. The van der Waals surface area contributed by atoms with E-state index in [1.807, 2.05) is 0 Å². The highest BCUT2D eigenvalue weighted by molar-refractivity contribution is 8.00. The van der Waals surface area contributed by atoms with Crippen molar-refractivity contribution >= 4 is 28.9 Å². The van der Waals surface area contributed by atoms with Gasteiger partial charge in [-0.05, 0) is 35.9 Å². The molecular formula is C27H25ClF5N3O3S. The Hall–Kier alpha value is -2.77. The smallest absolute Gasteiger partial charge is 0.382 e. The molecule has 4 rings (SSSR count). The molecule has 2 heterocycles. The molecule has 0 aliphatic carbocycles. The summed E-state index contributed by atoms with van der Waals surface area (Å²) < 4.78 is 81.6. The second-order valence-electron chi connectivity index (χ2n) is 9.05. The Bertz CT molecular complexity index is 1330. The van der Waals surface area contributed by atoms with Gasteiger partial charge in [0.25, 0.3) is 0 Å². The van der Waals surface area contributed by atoms with Crippen LogP contribution in [0, 0.1) is 11.6 Å². The fraction of sp³-hybridized carbons (Fsp3) is 0.333. The third kappa shape index (κ3) is 7.49. The van der Waals surface area contributed by atoms with Crippen LogP contribution >= 0.6 is 23.4 Å². The first kappa shape index (κ1) is 30.2. The fourth-order valence-corrected chi connectivity index (χ4v) is 5.60. The maximum Gasteiger partial charge on any atom is 0.416 e. The number of rotatable bonds is 9. The third-order valence-corrected chi connectivity index (χ3v) is 7.93. The molecular weight excluding hydrogens is 577 g/mol. The lowest BCUT2D eigenvalue weighted by Crippen LogP contribution is -2.43. The Kier molecular flexibility index (Phi) is 9.68. The molecule has 1 aliphatic rings. The van der Waals surface area contributed by atoms with Crippen LogP contribution in [0.15, 0.2) is 73.3 Å². The molecule has 2 unspecified atom stereocenters. The lowest BCUT2D eigenvalue weighted by molar-refractivity contribution is -0.146. The summed E-state index contributed by atoms with van der Waals surface area (Å²) in [5.41, 5.74) is -2.78. The van der Waals surface area contributed by atoms with Crippen LogP contribution in [0.1, 0.15) is 18.1 Å². The van der Waals surface area contributed by atoms with Crippen LogP contribution in [-0.4, -0.2) is 56.1 Å². The van der Waals surface area contributed by atoms with Crippen LogP contribution in [0.2, 0.25) is 5.02 Å². The summed E-state index contributed by atoms with van der Waals surface area (Å²) in [7, 11) is 0. The van der Waals surface area contributed by atoms with E-state index in [-0.39, 0.29) is 36.1 Å². The van der Waals surface area contributed by atoms with Crippen LogP contribution in [0.5, 0.6) is 0 Å². The average molecular weight is 602 g/mol. The third-order valence-electron chi connectivity index (χ3n) is 6.22. The highest BCUT2D eigenvalue weighted by Crippen LogP contribution is 2.39. The van der Waals surface area contributed by atoms with Gasteiger partial charge < -0.3 is 14.6 Å². The van der Waals surface area contributed by atoms with E-state index in [0.717, 1.165) is 12.1 Å². The van der Waals surface area contributed by atoms with E-state index in [1.165, 1.54) is 71.6 Å². The largest absolute Gasteiger partial charge is 0.416 e. The zero-order valence-corrected chi connectivity index (χ0v) is 22.6. The number of benzene rings is 2. The monoisotopic (exact) mass is 601 g/mol. The molecule has 2 atom stereocenters. The molecule has 0 bridgehead atoms. The summed E-state index contributed by atoms with van der Waals surface area (Å²) in [6.45, 7) is 1.85. The number of hydrogen-bond acceptors (Lipinski definition) is 6. The van der Waals surface area contributed by atoms with Gasteiger partial charge in [0.2, 0.25) is 0 Å². The molecule has 0 spiro atoms. The molecule has 0 saturated carbocycles. The quantitative estimate of drug-likeness (QED) is 0.234. The van der Waals surface area contributed by atoms with E-state index in [9.17, 15) is 27.1 Å². The van der Waals surface area contributed by atoms with Crippen LogP contribution in [0.4, 0.5) is 22.0 Å².